The third-order valence-electron chi connectivity index (χ3n) is 5.20. The van der Waals surface area contributed by atoms with Gasteiger partial charge in [-0.15, -0.1) is 0 Å². The minimum Gasteiger partial charge on any atom is -0.435 e. The van der Waals surface area contributed by atoms with Gasteiger partial charge in [0.15, 0.2) is 0 Å². The highest BCUT2D eigenvalue weighted by molar-refractivity contribution is 5.97. The van der Waals surface area contributed by atoms with E-state index in [9.17, 15) is 18.4 Å². The number of nitrogens with one attached hydrogen (secondary N) is 1. The summed E-state index contributed by atoms with van der Waals surface area (Å²) in [6, 6.07) is 13.0. The minimum atomic E-state index is -2.87. The van der Waals surface area contributed by atoms with Gasteiger partial charge in [-0.3, -0.25) is 9.59 Å². The van der Waals surface area contributed by atoms with Crippen LogP contribution in [0.15, 0.2) is 60.9 Å². The molecule has 2 aromatic carbocycles. The van der Waals surface area contributed by atoms with E-state index < -0.39 is 6.61 Å². The molecule has 2 amide bonds. The zero-order valence-corrected chi connectivity index (χ0v) is 17.7. The molecule has 33 heavy (non-hydrogen) atoms. The smallest absolute Gasteiger partial charge is 0.387 e. The van der Waals surface area contributed by atoms with Crippen molar-refractivity contribution in [2.75, 3.05) is 32.0 Å². The summed E-state index contributed by atoms with van der Waals surface area (Å²) in [5.41, 5.74) is 2.66. The fourth-order valence-corrected chi connectivity index (χ4v) is 3.31. The Kier molecular flexibility index (Phi) is 6.43. The lowest BCUT2D eigenvalue weighted by atomic mass is 10.1. The number of halogens is 2. The molecule has 4 rings (SSSR count). The monoisotopic (exact) mass is 453 g/mol. The number of piperazine rings is 1. The average Bonchev–Trinajstić information content (AvgIpc) is 2.82. The van der Waals surface area contributed by atoms with E-state index in [0.717, 1.165) is 5.56 Å². The molecule has 1 aliphatic heterocycles. The maximum Gasteiger partial charge on any atom is 0.387 e. The van der Waals surface area contributed by atoms with E-state index in [1.165, 1.54) is 12.1 Å². The summed E-state index contributed by atoms with van der Waals surface area (Å²) in [5, 5.41) is 3.06. The van der Waals surface area contributed by atoms with E-state index in [0.29, 0.717) is 35.9 Å². The molecule has 0 unspecified atom stereocenters. The van der Waals surface area contributed by atoms with Crippen molar-refractivity contribution in [3.63, 3.8) is 0 Å². The number of ether oxygens (including phenoxy) is 1. The van der Waals surface area contributed by atoms with Crippen LogP contribution in [-0.4, -0.2) is 64.9 Å². The van der Waals surface area contributed by atoms with Crippen molar-refractivity contribution < 1.29 is 23.1 Å². The molecule has 3 aromatic rings. The third kappa shape index (κ3) is 5.40. The fourth-order valence-electron chi connectivity index (χ4n) is 3.31. The van der Waals surface area contributed by atoms with Crippen molar-refractivity contribution >= 4 is 23.5 Å². The largest absolute Gasteiger partial charge is 0.435 e. The Morgan fingerprint density at radius 3 is 2.27 bits per heavy atom. The Labute approximate surface area is 188 Å². The van der Waals surface area contributed by atoms with Crippen LogP contribution in [0.2, 0.25) is 0 Å². The second-order valence-corrected chi connectivity index (χ2v) is 7.44. The number of nitrogens with zero attached hydrogens (tertiary/aromatic N) is 4. The van der Waals surface area contributed by atoms with Gasteiger partial charge in [0.1, 0.15) is 12.3 Å². The first-order valence-corrected chi connectivity index (χ1v) is 10.2. The summed E-state index contributed by atoms with van der Waals surface area (Å²) in [4.78, 5) is 36.2. The van der Waals surface area contributed by atoms with Crippen molar-refractivity contribution in [2.45, 2.75) is 6.61 Å². The van der Waals surface area contributed by atoms with Crippen LogP contribution in [0.1, 0.15) is 10.4 Å². The number of anilines is 2. The van der Waals surface area contributed by atoms with Crippen LogP contribution in [0.4, 0.5) is 20.4 Å². The summed E-state index contributed by atoms with van der Waals surface area (Å²) in [5.74, 6) is 0.175. The van der Waals surface area contributed by atoms with Crippen LogP contribution in [-0.2, 0) is 4.79 Å². The Hall–Kier alpha value is -4.08. The topological polar surface area (TPSA) is 87.7 Å². The van der Waals surface area contributed by atoms with Crippen molar-refractivity contribution in [2.24, 2.45) is 0 Å². The number of aromatic nitrogens is 2. The normalized spacial score (nSPS) is 13.9. The summed E-state index contributed by atoms with van der Waals surface area (Å²) in [6.45, 7) is -1.76. The zero-order chi connectivity index (χ0) is 23.4. The lowest BCUT2D eigenvalue weighted by Crippen LogP contribution is -2.50. The Balaban J connectivity index is 1.37. The first kappa shape index (κ1) is 22.1. The van der Waals surface area contributed by atoms with Crippen molar-refractivity contribution in [3.05, 3.63) is 66.5 Å². The van der Waals surface area contributed by atoms with Crippen LogP contribution >= 0.6 is 0 Å². The van der Waals surface area contributed by atoms with Gasteiger partial charge in [0.25, 0.3) is 5.91 Å². The highest BCUT2D eigenvalue weighted by Crippen LogP contribution is 2.23. The number of rotatable bonds is 6. The molecular weight excluding hydrogens is 432 g/mol. The zero-order valence-electron chi connectivity index (χ0n) is 17.7. The van der Waals surface area contributed by atoms with Gasteiger partial charge in [-0.2, -0.15) is 8.78 Å². The van der Waals surface area contributed by atoms with Gasteiger partial charge in [0.05, 0.1) is 0 Å². The van der Waals surface area contributed by atoms with Gasteiger partial charge in [-0.1, -0.05) is 12.1 Å². The second-order valence-electron chi connectivity index (χ2n) is 7.44. The highest BCUT2D eigenvalue weighted by Gasteiger charge is 2.25. The molecule has 0 saturated carbocycles. The summed E-state index contributed by atoms with van der Waals surface area (Å²) in [6.07, 6.45) is 3.22. The molecule has 10 heteroatoms. The Morgan fingerprint density at radius 1 is 1.00 bits per heavy atom. The fraction of sp³-hybridized carbons (Fsp3) is 0.217. The molecular formula is C23H21F2N5O3. The summed E-state index contributed by atoms with van der Waals surface area (Å²) >= 11 is 0. The Morgan fingerprint density at radius 2 is 1.67 bits per heavy atom. The second kappa shape index (κ2) is 9.60. The van der Waals surface area contributed by atoms with Crippen molar-refractivity contribution in [1.29, 1.82) is 0 Å². The van der Waals surface area contributed by atoms with E-state index in [-0.39, 0.29) is 24.1 Å². The number of hydrogen-bond acceptors (Lipinski definition) is 6. The van der Waals surface area contributed by atoms with E-state index in [1.54, 1.807) is 65.6 Å². The quantitative estimate of drug-likeness (QED) is 0.616. The molecule has 170 valence electrons. The van der Waals surface area contributed by atoms with Crippen LogP contribution in [0.3, 0.4) is 0 Å². The SMILES string of the molecule is CN1CCN(C(=O)c2ccc(Nc3ncc(-c4ccc(OC(F)F)cc4)cn3)cc2)CC1=O. The number of alkyl halides is 2. The predicted octanol–water partition coefficient (Wildman–Crippen LogP) is 3.40. The molecule has 1 aromatic heterocycles. The van der Waals surface area contributed by atoms with Crippen LogP contribution in [0.25, 0.3) is 11.1 Å². The molecule has 1 N–H and O–H groups in total. The summed E-state index contributed by atoms with van der Waals surface area (Å²) < 4.78 is 28.9. The number of benzene rings is 2. The van der Waals surface area contributed by atoms with Gasteiger partial charge >= 0.3 is 6.61 Å². The van der Waals surface area contributed by atoms with E-state index in [2.05, 4.69) is 20.0 Å². The standard InChI is InChI=1S/C23H21F2N5O3/c1-29-10-11-30(14-20(29)31)21(32)16-2-6-18(7-3-16)28-23-26-12-17(13-27-23)15-4-8-19(9-5-15)33-22(24)25/h2-9,12-13,22H,10-11,14H2,1H3,(H,26,27,28). The molecule has 2 heterocycles. The lowest BCUT2D eigenvalue weighted by molar-refractivity contribution is -0.133. The highest BCUT2D eigenvalue weighted by atomic mass is 19.3. The summed E-state index contributed by atoms with van der Waals surface area (Å²) in [7, 11) is 1.72. The van der Waals surface area contributed by atoms with E-state index in [1.807, 2.05) is 0 Å². The molecule has 0 bridgehead atoms. The Bertz CT molecular complexity index is 1120. The molecule has 0 spiro atoms. The van der Waals surface area contributed by atoms with Gasteiger partial charge in [-0.25, -0.2) is 9.97 Å². The number of likely N-dealkylation sites (N-methyl/N-ethyl adjacent to an activating group) is 1. The number of hydrogen-bond donors (Lipinski definition) is 1. The van der Waals surface area contributed by atoms with Crippen LogP contribution in [0.5, 0.6) is 5.75 Å². The van der Waals surface area contributed by atoms with Crippen molar-refractivity contribution in [1.82, 2.24) is 19.8 Å². The molecule has 1 aliphatic rings. The molecule has 0 atom stereocenters. The molecule has 1 saturated heterocycles. The first-order chi connectivity index (χ1) is 15.9. The van der Waals surface area contributed by atoms with E-state index >= 15 is 0 Å². The van der Waals surface area contributed by atoms with Crippen LogP contribution in [0, 0.1) is 0 Å². The van der Waals surface area contributed by atoms with E-state index in [4.69, 9.17) is 0 Å². The number of amides is 2. The predicted molar refractivity (Wildman–Crippen MR) is 117 cm³/mol. The van der Waals surface area contributed by atoms with Crippen molar-refractivity contribution in [3.8, 4) is 16.9 Å². The lowest BCUT2D eigenvalue weighted by Gasteiger charge is -2.32. The molecule has 0 radical (unpaired) electrons. The maximum atomic E-state index is 12.6. The molecule has 8 nitrogen and oxygen atoms in total. The third-order valence-corrected chi connectivity index (χ3v) is 5.20. The van der Waals surface area contributed by atoms with Gasteiger partial charge in [-0.05, 0) is 42.0 Å². The first-order valence-electron chi connectivity index (χ1n) is 10.2. The number of carbonyl (C=O) groups is 2. The van der Waals surface area contributed by atoms with Gasteiger partial charge in [0, 0.05) is 49.3 Å². The van der Waals surface area contributed by atoms with Crippen LogP contribution < -0.4 is 10.1 Å². The molecule has 0 aliphatic carbocycles. The molecule has 1 fully saturated rings. The average molecular weight is 453 g/mol. The van der Waals surface area contributed by atoms with Gasteiger partial charge < -0.3 is 19.9 Å². The maximum absolute atomic E-state index is 12.6. The van der Waals surface area contributed by atoms with Gasteiger partial charge in [0.2, 0.25) is 11.9 Å². The minimum absolute atomic E-state index is 0.0779. The number of carbonyl (C=O) groups excluding carboxylic acids is 2.